The van der Waals surface area contributed by atoms with Gasteiger partial charge in [0.15, 0.2) is 5.78 Å². The van der Waals surface area contributed by atoms with Gasteiger partial charge in [-0.3, -0.25) is 4.79 Å². The van der Waals surface area contributed by atoms with E-state index in [0.717, 1.165) is 0 Å². The Morgan fingerprint density at radius 1 is 1.38 bits per heavy atom. The van der Waals surface area contributed by atoms with Gasteiger partial charge in [-0.2, -0.15) is 0 Å². The zero-order chi connectivity index (χ0) is 16.6. The van der Waals surface area contributed by atoms with E-state index in [1.54, 1.807) is 27.8 Å². The fraction of sp³-hybridized carbons (Fsp3) is 0.643. The number of allylic oxidation sites excluding steroid dienone is 1. The lowest BCUT2D eigenvalue weighted by atomic mass is 10.0. The van der Waals surface area contributed by atoms with Crippen molar-refractivity contribution in [1.82, 2.24) is 10.6 Å². The minimum atomic E-state index is -1.54. The van der Waals surface area contributed by atoms with E-state index in [-0.39, 0.29) is 17.8 Å². The smallest absolute Gasteiger partial charge is 0.407 e. The molecule has 0 aliphatic rings. The van der Waals surface area contributed by atoms with Gasteiger partial charge in [0.05, 0.1) is 12.1 Å². The highest BCUT2D eigenvalue weighted by Gasteiger charge is 2.20. The maximum Gasteiger partial charge on any atom is 0.407 e. The summed E-state index contributed by atoms with van der Waals surface area (Å²) in [5.74, 6) is -0.490. The molecule has 0 aliphatic heterocycles. The largest absolute Gasteiger partial charge is 0.444 e. The van der Waals surface area contributed by atoms with Crippen LogP contribution >= 0.6 is 0 Å². The summed E-state index contributed by atoms with van der Waals surface area (Å²) < 4.78 is 18.7. The molecular weight excluding hydrogens is 277 g/mol. The monoisotopic (exact) mass is 301 g/mol. The Hall–Kier alpha value is -1.92. The van der Waals surface area contributed by atoms with Crippen LogP contribution < -0.4 is 10.6 Å². The molecule has 7 heteroatoms. The van der Waals surface area contributed by atoms with Crippen LogP contribution in [0.25, 0.3) is 0 Å². The first-order chi connectivity index (χ1) is 9.56. The van der Waals surface area contributed by atoms with Crippen molar-refractivity contribution in [2.45, 2.75) is 45.9 Å². The number of nitrogens with one attached hydrogen (secondary N) is 3. The first-order valence-corrected chi connectivity index (χ1v) is 6.64. The second-order valence-corrected chi connectivity index (χ2v) is 5.58. The standard InChI is InChI=1S/C14H24FN3O3/c1-9(16)11(8-17-5)12(19)6-10(15)7-18-13(20)21-14(2,3)4/h8,10,16-17H,6-7H2,1-5H3,(H,18,20)/b11-8+,16-9?. The summed E-state index contributed by atoms with van der Waals surface area (Å²) in [6.45, 7) is 6.23. The van der Waals surface area contributed by atoms with Crippen LogP contribution in [-0.2, 0) is 9.53 Å². The molecule has 0 radical (unpaired) electrons. The lowest BCUT2D eigenvalue weighted by Gasteiger charge is -2.20. The molecule has 0 aliphatic carbocycles. The molecule has 21 heavy (non-hydrogen) atoms. The predicted octanol–water partition coefficient (Wildman–Crippen LogP) is 1.95. The van der Waals surface area contributed by atoms with Gasteiger partial charge < -0.3 is 20.8 Å². The molecule has 120 valence electrons. The number of rotatable bonds is 7. The van der Waals surface area contributed by atoms with Gasteiger partial charge in [0.2, 0.25) is 0 Å². The second-order valence-electron chi connectivity index (χ2n) is 5.58. The fourth-order valence-electron chi connectivity index (χ4n) is 1.43. The van der Waals surface area contributed by atoms with Gasteiger partial charge in [0.1, 0.15) is 11.8 Å². The number of amides is 1. The average Bonchev–Trinajstić information content (AvgIpc) is 2.30. The van der Waals surface area contributed by atoms with Gasteiger partial charge in [0, 0.05) is 25.4 Å². The molecule has 0 aromatic rings. The molecule has 1 unspecified atom stereocenters. The van der Waals surface area contributed by atoms with Crippen molar-refractivity contribution in [2.24, 2.45) is 0 Å². The Balaban J connectivity index is 4.35. The van der Waals surface area contributed by atoms with Crippen molar-refractivity contribution >= 4 is 17.6 Å². The third kappa shape index (κ3) is 8.78. The van der Waals surface area contributed by atoms with Gasteiger partial charge in [-0.05, 0) is 27.7 Å². The SMILES string of the molecule is CN/C=C(\C(C)=N)C(=O)CC(F)CNC(=O)OC(C)(C)C. The third-order valence-electron chi connectivity index (χ3n) is 2.27. The molecule has 1 atom stereocenters. The topological polar surface area (TPSA) is 91.3 Å². The lowest BCUT2D eigenvalue weighted by molar-refractivity contribution is -0.116. The highest BCUT2D eigenvalue weighted by molar-refractivity contribution is 6.20. The lowest BCUT2D eigenvalue weighted by Crippen LogP contribution is -2.36. The van der Waals surface area contributed by atoms with Crippen LogP contribution in [0.4, 0.5) is 9.18 Å². The first kappa shape index (κ1) is 19.1. The number of carbonyl (C=O) groups is 2. The van der Waals surface area contributed by atoms with Crippen LogP contribution in [-0.4, -0.2) is 43.0 Å². The fourth-order valence-corrected chi connectivity index (χ4v) is 1.43. The minimum Gasteiger partial charge on any atom is -0.444 e. The van der Waals surface area contributed by atoms with Crippen LogP contribution in [0.5, 0.6) is 0 Å². The number of carbonyl (C=O) groups excluding carboxylic acids is 2. The molecule has 3 N–H and O–H groups in total. The van der Waals surface area contributed by atoms with E-state index in [4.69, 9.17) is 10.1 Å². The first-order valence-electron chi connectivity index (χ1n) is 6.64. The van der Waals surface area contributed by atoms with E-state index in [1.165, 1.54) is 13.1 Å². The summed E-state index contributed by atoms with van der Waals surface area (Å²) in [6, 6.07) is 0. The van der Waals surface area contributed by atoms with E-state index in [2.05, 4.69) is 10.6 Å². The van der Waals surface area contributed by atoms with E-state index in [9.17, 15) is 14.0 Å². The highest BCUT2D eigenvalue weighted by atomic mass is 19.1. The van der Waals surface area contributed by atoms with Crippen molar-refractivity contribution in [1.29, 1.82) is 5.41 Å². The van der Waals surface area contributed by atoms with Crippen molar-refractivity contribution in [3.05, 3.63) is 11.8 Å². The molecule has 0 saturated heterocycles. The predicted molar refractivity (Wildman–Crippen MR) is 79.3 cm³/mol. The van der Waals surface area contributed by atoms with Crippen LogP contribution in [0.1, 0.15) is 34.1 Å². The Labute approximate surface area is 124 Å². The third-order valence-corrected chi connectivity index (χ3v) is 2.27. The normalized spacial score (nSPS) is 13.3. The van der Waals surface area contributed by atoms with Crippen LogP contribution in [0.3, 0.4) is 0 Å². The molecule has 0 heterocycles. The summed E-state index contributed by atoms with van der Waals surface area (Å²) in [5, 5.41) is 12.4. The molecule has 0 fully saturated rings. The molecule has 0 spiro atoms. The van der Waals surface area contributed by atoms with E-state index in [1.807, 2.05) is 0 Å². The highest BCUT2D eigenvalue weighted by Crippen LogP contribution is 2.08. The number of hydrogen-bond acceptors (Lipinski definition) is 5. The number of alkyl halides is 1. The summed E-state index contributed by atoms with van der Waals surface area (Å²) in [5.41, 5.74) is -0.481. The second kappa shape index (κ2) is 8.39. The van der Waals surface area contributed by atoms with Crippen LogP contribution in [0.15, 0.2) is 11.8 Å². The van der Waals surface area contributed by atoms with E-state index < -0.39 is 30.1 Å². The number of ketones is 1. The number of halogens is 1. The Morgan fingerprint density at radius 3 is 2.38 bits per heavy atom. The summed E-state index contributed by atoms with van der Waals surface area (Å²) >= 11 is 0. The Bertz CT molecular complexity index is 428. The average molecular weight is 301 g/mol. The Morgan fingerprint density at radius 2 is 1.95 bits per heavy atom. The molecular formula is C14H24FN3O3. The zero-order valence-electron chi connectivity index (χ0n) is 13.2. The zero-order valence-corrected chi connectivity index (χ0v) is 13.2. The van der Waals surface area contributed by atoms with E-state index >= 15 is 0 Å². The van der Waals surface area contributed by atoms with Crippen molar-refractivity contribution < 1.29 is 18.7 Å². The molecule has 0 aromatic heterocycles. The van der Waals surface area contributed by atoms with Gasteiger partial charge in [-0.15, -0.1) is 0 Å². The molecule has 0 saturated carbocycles. The van der Waals surface area contributed by atoms with Crippen molar-refractivity contribution in [3.63, 3.8) is 0 Å². The van der Waals surface area contributed by atoms with Gasteiger partial charge in [-0.25, -0.2) is 9.18 Å². The summed E-state index contributed by atoms with van der Waals surface area (Å²) in [6.07, 6.45) is -1.31. The number of alkyl carbamates (subject to hydrolysis) is 1. The van der Waals surface area contributed by atoms with Gasteiger partial charge in [0.25, 0.3) is 0 Å². The molecule has 6 nitrogen and oxygen atoms in total. The number of Topliss-reactive ketones (excluding diaryl/α,β-unsaturated/α-hetero) is 1. The van der Waals surface area contributed by atoms with Crippen LogP contribution in [0, 0.1) is 5.41 Å². The number of hydrogen-bond donors (Lipinski definition) is 3. The Kier molecular flexibility index (Phi) is 7.62. The van der Waals surface area contributed by atoms with E-state index in [0.29, 0.717) is 0 Å². The quantitative estimate of drug-likeness (QED) is 0.495. The minimum absolute atomic E-state index is 0.0571. The maximum atomic E-state index is 13.7. The van der Waals surface area contributed by atoms with Gasteiger partial charge >= 0.3 is 6.09 Å². The molecule has 0 bridgehead atoms. The summed E-state index contributed by atoms with van der Waals surface area (Å²) in [4.78, 5) is 23.2. The molecule has 0 rings (SSSR count). The van der Waals surface area contributed by atoms with Crippen molar-refractivity contribution in [3.8, 4) is 0 Å². The van der Waals surface area contributed by atoms with Gasteiger partial charge in [-0.1, -0.05) is 0 Å². The maximum absolute atomic E-state index is 13.7. The van der Waals surface area contributed by atoms with Crippen molar-refractivity contribution in [2.75, 3.05) is 13.6 Å². The number of ether oxygens (including phenoxy) is 1. The summed E-state index contributed by atoms with van der Waals surface area (Å²) in [7, 11) is 1.59. The molecule has 1 amide bonds. The van der Waals surface area contributed by atoms with Crippen LogP contribution in [0.2, 0.25) is 0 Å². The molecule has 0 aromatic carbocycles.